The molecule has 1 heterocycles. The SMILES string of the molecule is CC1Cc2oc3cc(I)ccc3c2C=C1I. The zero-order chi connectivity index (χ0) is 11.3. The third-order valence-corrected chi connectivity index (χ3v) is 5.06. The lowest BCUT2D eigenvalue weighted by Gasteiger charge is -2.14. The van der Waals surface area contributed by atoms with E-state index in [1.807, 2.05) is 0 Å². The topological polar surface area (TPSA) is 13.1 Å². The van der Waals surface area contributed by atoms with Gasteiger partial charge >= 0.3 is 0 Å². The second-order valence-electron chi connectivity index (χ2n) is 4.21. The van der Waals surface area contributed by atoms with Crippen LogP contribution in [0, 0.1) is 9.49 Å². The molecule has 0 saturated carbocycles. The fourth-order valence-electron chi connectivity index (χ4n) is 2.11. The van der Waals surface area contributed by atoms with E-state index in [2.05, 4.69) is 76.4 Å². The molecule has 1 atom stereocenters. The maximum Gasteiger partial charge on any atom is 0.135 e. The summed E-state index contributed by atoms with van der Waals surface area (Å²) in [6.07, 6.45) is 3.29. The Hall–Kier alpha value is -0.0400. The molecule has 1 aliphatic rings. The smallest absolute Gasteiger partial charge is 0.135 e. The van der Waals surface area contributed by atoms with Crippen LogP contribution in [-0.4, -0.2) is 0 Å². The minimum absolute atomic E-state index is 0.590. The van der Waals surface area contributed by atoms with Crippen LogP contribution in [0.15, 0.2) is 26.2 Å². The summed E-state index contributed by atoms with van der Waals surface area (Å²) in [5.41, 5.74) is 2.31. The molecule has 1 nitrogen and oxygen atoms in total. The first-order valence-corrected chi connectivity index (χ1v) is 7.39. The molecule has 0 aliphatic heterocycles. The van der Waals surface area contributed by atoms with E-state index >= 15 is 0 Å². The van der Waals surface area contributed by atoms with Crippen molar-refractivity contribution in [3.05, 3.63) is 36.7 Å². The predicted molar refractivity (Wildman–Crippen MR) is 83.8 cm³/mol. The lowest BCUT2D eigenvalue weighted by molar-refractivity contribution is 0.512. The minimum atomic E-state index is 0.590. The van der Waals surface area contributed by atoms with Crippen molar-refractivity contribution in [2.75, 3.05) is 0 Å². The van der Waals surface area contributed by atoms with Crippen molar-refractivity contribution in [3.8, 4) is 0 Å². The van der Waals surface area contributed by atoms with Gasteiger partial charge in [-0.2, -0.15) is 0 Å². The van der Waals surface area contributed by atoms with Gasteiger partial charge in [0.25, 0.3) is 0 Å². The Morgan fingerprint density at radius 3 is 2.94 bits per heavy atom. The second kappa shape index (κ2) is 4.01. The number of furan rings is 1. The van der Waals surface area contributed by atoms with Crippen LogP contribution >= 0.6 is 45.2 Å². The Bertz CT molecular complexity index is 595. The first-order chi connectivity index (χ1) is 7.65. The zero-order valence-electron chi connectivity index (χ0n) is 8.76. The summed E-state index contributed by atoms with van der Waals surface area (Å²) >= 11 is 4.75. The molecule has 0 spiro atoms. The first kappa shape index (κ1) is 11.1. The van der Waals surface area contributed by atoms with Crippen molar-refractivity contribution in [3.63, 3.8) is 0 Å². The van der Waals surface area contributed by atoms with Gasteiger partial charge in [0, 0.05) is 20.9 Å². The molecule has 2 aromatic rings. The van der Waals surface area contributed by atoms with E-state index in [4.69, 9.17) is 4.42 Å². The molecule has 0 saturated heterocycles. The summed E-state index contributed by atoms with van der Waals surface area (Å²) in [4.78, 5) is 0. The highest BCUT2D eigenvalue weighted by Crippen LogP contribution is 2.38. The number of benzene rings is 1. The van der Waals surface area contributed by atoms with Crippen molar-refractivity contribution < 1.29 is 4.42 Å². The van der Waals surface area contributed by atoms with Gasteiger partial charge in [-0.1, -0.05) is 6.92 Å². The van der Waals surface area contributed by atoms with Crippen LogP contribution < -0.4 is 0 Å². The van der Waals surface area contributed by atoms with Crippen molar-refractivity contribution >= 4 is 62.2 Å². The van der Waals surface area contributed by atoms with E-state index in [9.17, 15) is 0 Å². The van der Waals surface area contributed by atoms with Gasteiger partial charge in [0.2, 0.25) is 0 Å². The maximum absolute atomic E-state index is 5.94. The molecule has 82 valence electrons. The number of rotatable bonds is 0. The van der Waals surface area contributed by atoms with Crippen molar-refractivity contribution in [1.82, 2.24) is 0 Å². The molecule has 1 aromatic heterocycles. The van der Waals surface area contributed by atoms with E-state index in [1.165, 1.54) is 18.1 Å². The van der Waals surface area contributed by atoms with Gasteiger partial charge in [-0.3, -0.25) is 0 Å². The van der Waals surface area contributed by atoms with Crippen molar-refractivity contribution in [1.29, 1.82) is 0 Å². The highest BCUT2D eigenvalue weighted by molar-refractivity contribution is 14.1. The van der Waals surface area contributed by atoms with Gasteiger partial charge in [0.1, 0.15) is 11.3 Å². The van der Waals surface area contributed by atoms with Crippen LogP contribution in [0.3, 0.4) is 0 Å². The van der Waals surface area contributed by atoms with Crippen LogP contribution in [0.1, 0.15) is 18.2 Å². The lowest BCUT2D eigenvalue weighted by atomic mass is 9.95. The van der Waals surface area contributed by atoms with E-state index in [0.29, 0.717) is 5.92 Å². The molecule has 1 aromatic carbocycles. The lowest BCUT2D eigenvalue weighted by Crippen LogP contribution is -2.04. The summed E-state index contributed by atoms with van der Waals surface area (Å²) in [5.74, 6) is 1.73. The molecule has 0 N–H and O–H groups in total. The van der Waals surface area contributed by atoms with Crippen molar-refractivity contribution in [2.24, 2.45) is 5.92 Å². The molecular formula is C13H10I2O. The molecule has 1 aliphatic carbocycles. The van der Waals surface area contributed by atoms with E-state index < -0.39 is 0 Å². The molecule has 0 bridgehead atoms. The molecule has 0 fully saturated rings. The van der Waals surface area contributed by atoms with Crippen LogP contribution in [-0.2, 0) is 6.42 Å². The zero-order valence-corrected chi connectivity index (χ0v) is 13.1. The summed E-state index contributed by atoms with van der Waals surface area (Å²) in [7, 11) is 0. The maximum atomic E-state index is 5.94. The van der Waals surface area contributed by atoms with Crippen molar-refractivity contribution in [2.45, 2.75) is 13.3 Å². The number of fused-ring (bicyclic) bond motifs is 3. The van der Waals surface area contributed by atoms with Gasteiger partial charge in [0.05, 0.1) is 0 Å². The molecule has 0 radical (unpaired) electrons. The van der Waals surface area contributed by atoms with Gasteiger partial charge in [0.15, 0.2) is 0 Å². The van der Waals surface area contributed by atoms with E-state index in [-0.39, 0.29) is 0 Å². The highest BCUT2D eigenvalue weighted by atomic mass is 127. The van der Waals surface area contributed by atoms with Gasteiger partial charge in [-0.05, 0) is 79.0 Å². The Morgan fingerprint density at radius 1 is 1.31 bits per heavy atom. The quantitative estimate of drug-likeness (QED) is 0.530. The monoisotopic (exact) mass is 436 g/mol. The second-order valence-corrected chi connectivity index (χ2v) is 6.71. The Balaban J connectivity index is 2.30. The van der Waals surface area contributed by atoms with Gasteiger partial charge < -0.3 is 4.42 Å². The Kier molecular flexibility index (Phi) is 2.78. The fourth-order valence-corrected chi connectivity index (χ4v) is 3.10. The number of halogens is 2. The first-order valence-electron chi connectivity index (χ1n) is 5.23. The van der Waals surface area contributed by atoms with E-state index in [1.54, 1.807) is 0 Å². The van der Waals surface area contributed by atoms with Crippen LogP contribution in [0.25, 0.3) is 17.0 Å². The highest BCUT2D eigenvalue weighted by Gasteiger charge is 2.21. The average Bonchev–Trinajstić information content (AvgIpc) is 2.55. The minimum Gasteiger partial charge on any atom is -0.460 e. The average molecular weight is 436 g/mol. The fraction of sp³-hybridized carbons (Fsp3) is 0.231. The van der Waals surface area contributed by atoms with Crippen LogP contribution in [0.4, 0.5) is 0 Å². The summed E-state index contributed by atoms with van der Waals surface area (Å²) in [5, 5.41) is 1.25. The van der Waals surface area contributed by atoms with Crippen LogP contribution in [0.5, 0.6) is 0 Å². The predicted octanol–water partition coefficient (Wildman–Crippen LogP) is 5.01. The largest absolute Gasteiger partial charge is 0.460 e. The molecule has 0 amide bonds. The van der Waals surface area contributed by atoms with Crippen LogP contribution in [0.2, 0.25) is 0 Å². The standard InChI is InChI=1S/C13H10I2O/c1-7-4-12-10(6-11(7)15)9-3-2-8(14)5-13(9)16-12/h2-3,5-7H,4H2,1H3. The summed E-state index contributed by atoms with van der Waals surface area (Å²) in [6.45, 7) is 2.25. The molecular weight excluding hydrogens is 426 g/mol. The molecule has 3 heteroatoms. The summed E-state index contributed by atoms with van der Waals surface area (Å²) < 4.78 is 8.58. The van der Waals surface area contributed by atoms with E-state index in [0.717, 1.165) is 17.8 Å². The molecule has 1 unspecified atom stereocenters. The number of allylic oxidation sites excluding steroid dienone is 1. The molecule has 3 rings (SSSR count). The van der Waals surface area contributed by atoms with Gasteiger partial charge in [-0.15, -0.1) is 0 Å². The molecule has 16 heavy (non-hydrogen) atoms. The number of hydrogen-bond acceptors (Lipinski definition) is 1. The Morgan fingerprint density at radius 2 is 2.12 bits per heavy atom. The normalized spacial score (nSPS) is 19.7. The Labute approximate surface area is 122 Å². The van der Waals surface area contributed by atoms with Gasteiger partial charge in [-0.25, -0.2) is 0 Å². The third kappa shape index (κ3) is 1.72. The third-order valence-electron chi connectivity index (χ3n) is 3.01. The number of hydrogen-bond donors (Lipinski definition) is 0. The summed E-state index contributed by atoms with van der Waals surface area (Å²) in [6, 6.07) is 6.41.